The molecule has 0 aliphatic carbocycles. The highest BCUT2D eigenvalue weighted by Gasteiger charge is 2.09. The van der Waals surface area contributed by atoms with Gasteiger partial charge in [0.2, 0.25) is 0 Å². The molecule has 2 unspecified atom stereocenters. The Labute approximate surface area is 58.3 Å². The lowest BCUT2D eigenvalue weighted by Gasteiger charge is -2.02. The van der Waals surface area contributed by atoms with Crippen LogP contribution in [0.1, 0.15) is 6.92 Å². The van der Waals surface area contributed by atoms with Crippen molar-refractivity contribution in [2.45, 2.75) is 13.0 Å². The third-order valence-electron chi connectivity index (χ3n) is 0.559. The van der Waals surface area contributed by atoms with Crippen LogP contribution in [0.25, 0.3) is 0 Å². The first-order valence-corrected chi connectivity index (χ1v) is 4.79. The van der Waals surface area contributed by atoms with Crippen molar-refractivity contribution in [2.24, 2.45) is 0 Å². The topological polar surface area (TPSA) is 66.8 Å². The van der Waals surface area contributed by atoms with Crippen LogP contribution in [0, 0.1) is 0 Å². The van der Waals surface area contributed by atoms with Gasteiger partial charge in [-0.2, -0.15) is 0 Å². The minimum absolute atomic E-state index is 0.223. The van der Waals surface area contributed by atoms with E-state index in [1.165, 1.54) is 6.92 Å². The maximum atomic E-state index is 10.5. The van der Waals surface area contributed by atoms with E-state index in [0.29, 0.717) is 0 Å². The van der Waals surface area contributed by atoms with E-state index in [0.717, 1.165) is 0 Å². The first kappa shape index (κ1) is 9.25. The molecular formula is C3H8O4S2. The summed E-state index contributed by atoms with van der Waals surface area (Å²) in [6.45, 7) is 1.41. The molecule has 2 atom stereocenters. The van der Waals surface area contributed by atoms with Gasteiger partial charge < -0.3 is 5.11 Å². The van der Waals surface area contributed by atoms with Gasteiger partial charge in [-0.3, -0.25) is 0 Å². The summed E-state index contributed by atoms with van der Waals surface area (Å²) in [5, 5.41) is 16.4. The van der Waals surface area contributed by atoms with Crippen molar-refractivity contribution in [1.29, 1.82) is 0 Å². The Hall–Kier alpha value is 0.250. The SMILES string of the molecule is CC(O)CS(=O)(=S)OO. The Balaban J connectivity index is 3.90. The molecule has 0 saturated heterocycles. The number of rotatable bonds is 3. The van der Waals surface area contributed by atoms with Crippen LogP contribution in [0.2, 0.25) is 0 Å². The molecule has 0 spiro atoms. The second-order valence-corrected chi connectivity index (χ2v) is 4.77. The van der Waals surface area contributed by atoms with Crippen LogP contribution in [-0.2, 0) is 24.3 Å². The summed E-state index contributed by atoms with van der Waals surface area (Å²) in [6.07, 6.45) is -0.817. The van der Waals surface area contributed by atoms with Gasteiger partial charge >= 0.3 is 0 Å². The highest BCUT2D eigenvalue weighted by atomic mass is 32.8. The fourth-order valence-electron chi connectivity index (χ4n) is 0.326. The summed E-state index contributed by atoms with van der Waals surface area (Å²) in [5.74, 6) is -0.223. The van der Waals surface area contributed by atoms with Gasteiger partial charge in [0.15, 0.2) is 8.77 Å². The van der Waals surface area contributed by atoms with Crippen molar-refractivity contribution < 1.29 is 18.9 Å². The van der Waals surface area contributed by atoms with Crippen molar-refractivity contribution in [2.75, 3.05) is 5.75 Å². The highest BCUT2D eigenvalue weighted by Crippen LogP contribution is 1.93. The first-order chi connectivity index (χ1) is 3.98. The quantitative estimate of drug-likeness (QED) is 0.444. The lowest BCUT2D eigenvalue weighted by molar-refractivity contribution is -0.125. The Morgan fingerprint density at radius 3 is 2.44 bits per heavy atom. The highest BCUT2D eigenvalue weighted by molar-refractivity contribution is 8.30. The predicted octanol–water partition coefficient (Wildman–Crippen LogP) is -0.482. The molecule has 0 heterocycles. The van der Waals surface area contributed by atoms with Crippen LogP contribution >= 0.6 is 0 Å². The van der Waals surface area contributed by atoms with Gasteiger partial charge in [0.25, 0.3) is 0 Å². The van der Waals surface area contributed by atoms with Crippen molar-refractivity contribution in [1.82, 2.24) is 0 Å². The van der Waals surface area contributed by atoms with E-state index >= 15 is 0 Å². The maximum Gasteiger partial charge on any atom is 0.176 e. The minimum atomic E-state index is -3.08. The van der Waals surface area contributed by atoms with Crippen LogP contribution in [0.15, 0.2) is 0 Å². The molecular weight excluding hydrogens is 164 g/mol. The molecule has 0 aromatic carbocycles. The van der Waals surface area contributed by atoms with E-state index in [2.05, 4.69) is 15.5 Å². The smallest absolute Gasteiger partial charge is 0.176 e. The number of hydrogen-bond donors (Lipinski definition) is 2. The Kier molecular flexibility index (Phi) is 3.52. The van der Waals surface area contributed by atoms with Gasteiger partial charge in [-0.1, -0.05) is 0 Å². The fourth-order valence-corrected chi connectivity index (χ4v) is 1.57. The molecule has 4 nitrogen and oxygen atoms in total. The van der Waals surface area contributed by atoms with Gasteiger partial charge in [0.1, 0.15) is 0 Å². The summed E-state index contributed by atoms with van der Waals surface area (Å²) in [5.41, 5.74) is 0. The monoisotopic (exact) mass is 172 g/mol. The molecule has 0 fully saturated rings. The second kappa shape index (κ2) is 3.43. The maximum absolute atomic E-state index is 10.5. The second-order valence-electron chi connectivity index (χ2n) is 1.65. The van der Waals surface area contributed by atoms with E-state index in [1.54, 1.807) is 0 Å². The zero-order chi connectivity index (χ0) is 7.49. The van der Waals surface area contributed by atoms with Crippen molar-refractivity contribution >= 4 is 20.0 Å². The van der Waals surface area contributed by atoms with E-state index in [-0.39, 0.29) is 5.75 Å². The van der Waals surface area contributed by atoms with Crippen LogP contribution in [0.4, 0.5) is 0 Å². The van der Waals surface area contributed by atoms with E-state index in [1.807, 2.05) is 0 Å². The van der Waals surface area contributed by atoms with E-state index in [9.17, 15) is 4.21 Å². The predicted molar refractivity (Wildman–Crippen MR) is 35.8 cm³/mol. The average Bonchev–Trinajstić information content (AvgIpc) is 1.63. The molecule has 0 aromatic heterocycles. The first-order valence-electron chi connectivity index (χ1n) is 2.22. The fraction of sp³-hybridized carbons (Fsp3) is 1.00. The van der Waals surface area contributed by atoms with Crippen molar-refractivity contribution in [3.05, 3.63) is 0 Å². The standard InChI is InChI=1S/C3H8O4S2/c1-3(4)2-9(6,8)7-5/h3-5H,2H2,1H3. The Morgan fingerprint density at radius 2 is 2.33 bits per heavy atom. The lowest BCUT2D eigenvalue weighted by atomic mass is 10.5. The van der Waals surface area contributed by atoms with E-state index in [4.69, 9.17) is 10.4 Å². The summed E-state index contributed by atoms with van der Waals surface area (Å²) < 4.78 is 14.0. The van der Waals surface area contributed by atoms with Crippen LogP contribution in [0.5, 0.6) is 0 Å². The van der Waals surface area contributed by atoms with Gasteiger partial charge in [0, 0.05) is 11.2 Å². The molecule has 0 radical (unpaired) electrons. The van der Waals surface area contributed by atoms with Gasteiger partial charge in [-0.15, -0.1) is 4.33 Å². The summed E-state index contributed by atoms with van der Waals surface area (Å²) in [4.78, 5) is 0. The third kappa shape index (κ3) is 4.73. The molecule has 9 heavy (non-hydrogen) atoms. The van der Waals surface area contributed by atoms with Crippen LogP contribution in [0.3, 0.4) is 0 Å². The zero-order valence-electron chi connectivity index (χ0n) is 4.81. The van der Waals surface area contributed by atoms with Gasteiger partial charge in [-0.05, 0) is 6.92 Å². The molecule has 0 saturated carbocycles. The molecule has 0 aromatic rings. The minimum Gasteiger partial charge on any atom is -0.392 e. The molecule has 2 N–H and O–H groups in total. The average molecular weight is 172 g/mol. The molecule has 0 aliphatic heterocycles. The third-order valence-corrected chi connectivity index (χ3v) is 2.27. The summed E-state index contributed by atoms with van der Waals surface area (Å²) in [6, 6.07) is 0. The summed E-state index contributed by atoms with van der Waals surface area (Å²) >= 11 is 4.22. The number of hydrogen-bond acceptors (Lipinski definition) is 5. The van der Waals surface area contributed by atoms with E-state index < -0.39 is 14.9 Å². The van der Waals surface area contributed by atoms with Crippen molar-refractivity contribution in [3.63, 3.8) is 0 Å². The lowest BCUT2D eigenvalue weighted by Crippen LogP contribution is -2.17. The van der Waals surface area contributed by atoms with Crippen LogP contribution in [-0.4, -0.2) is 26.4 Å². The summed E-state index contributed by atoms with van der Waals surface area (Å²) in [7, 11) is -3.08. The normalized spacial score (nSPS) is 20.8. The molecule has 0 aliphatic rings. The Morgan fingerprint density at radius 1 is 1.89 bits per heavy atom. The van der Waals surface area contributed by atoms with Gasteiger partial charge in [0.05, 0.1) is 11.9 Å². The number of aliphatic hydroxyl groups is 1. The molecule has 0 bridgehead atoms. The molecule has 0 amide bonds. The molecule has 56 valence electrons. The largest absolute Gasteiger partial charge is 0.392 e. The molecule has 0 rings (SSSR count). The van der Waals surface area contributed by atoms with Crippen LogP contribution < -0.4 is 0 Å². The van der Waals surface area contributed by atoms with Gasteiger partial charge in [-0.25, -0.2) is 9.47 Å². The Bertz CT molecular complexity index is 159. The van der Waals surface area contributed by atoms with Crippen molar-refractivity contribution in [3.8, 4) is 0 Å². The zero-order valence-corrected chi connectivity index (χ0v) is 6.44. The molecule has 6 heteroatoms. The number of aliphatic hydroxyl groups excluding tert-OH is 1.